The van der Waals surface area contributed by atoms with Crippen molar-refractivity contribution in [3.63, 3.8) is 0 Å². The fraction of sp³-hybridized carbons (Fsp3) is 0.474. The van der Waals surface area contributed by atoms with E-state index in [0.29, 0.717) is 11.3 Å². The Morgan fingerprint density at radius 3 is 2.21 bits per heavy atom. The van der Waals surface area contributed by atoms with Crippen LogP contribution in [0.5, 0.6) is 0 Å². The first-order chi connectivity index (χ1) is 21.6. The summed E-state index contributed by atoms with van der Waals surface area (Å²) in [5, 5.41) is 11.7. The van der Waals surface area contributed by atoms with Gasteiger partial charge in [-0.05, 0) is 81.4 Å². The maximum Gasteiger partial charge on any atom is 0.162 e. The van der Waals surface area contributed by atoms with Gasteiger partial charge in [-0.1, -0.05) is 55.4 Å². The average Bonchev–Trinajstić information content (AvgIpc) is 3.39. The minimum absolute atomic E-state index is 0. The van der Waals surface area contributed by atoms with Gasteiger partial charge < -0.3 is 14.5 Å². The van der Waals surface area contributed by atoms with Crippen molar-refractivity contribution in [3.8, 4) is 11.3 Å². The van der Waals surface area contributed by atoms with Crippen molar-refractivity contribution in [3.05, 3.63) is 77.6 Å². The zero-order valence-corrected chi connectivity index (χ0v) is 29.2. The molecule has 0 fully saturated rings. The number of furan rings is 1. The minimum atomic E-state index is -0.303. The van der Waals surface area contributed by atoms with Crippen LogP contribution in [0.25, 0.3) is 33.2 Å². The maximum absolute atomic E-state index is 11.7. The number of aliphatic hydroxyl groups is 1. The molecule has 0 unspecified atom stereocenters. The maximum atomic E-state index is 11.7. The molecule has 1 radical (unpaired) electrons. The average molecular weight is 763 g/mol. The molecule has 2 heterocycles. The molecule has 43 heavy (non-hydrogen) atoms. The van der Waals surface area contributed by atoms with Gasteiger partial charge in [0.05, 0.1) is 5.76 Å². The summed E-state index contributed by atoms with van der Waals surface area (Å²) >= 11 is 0. The third kappa shape index (κ3) is 7.32. The van der Waals surface area contributed by atoms with E-state index in [4.69, 9.17) is 9.90 Å². The Bertz CT molecular complexity index is 1790. The molecular weight excluding hydrogens is 711 g/mol. The Balaban J connectivity index is 0.000000322. The van der Waals surface area contributed by atoms with Gasteiger partial charge in [-0.25, -0.2) is 0 Å². The van der Waals surface area contributed by atoms with Gasteiger partial charge >= 0.3 is 0 Å². The van der Waals surface area contributed by atoms with Crippen LogP contribution in [0.4, 0.5) is 0 Å². The van der Waals surface area contributed by atoms with Crippen molar-refractivity contribution >= 4 is 27.7 Å². The van der Waals surface area contributed by atoms with Gasteiger partial charge in [-0.15, -0.1) is 35.8 Å². The summed E-state index contributed by atoms with van der Waals surface area (Å²) < 4.78 is 38.4. The van der Waals surface area contributed by atoms with E-state index in [1.165, 1.54) is 17.2 Å². The summed E-state index contributed by atoms with van der Waals surface area (Å²) in [4.78, 5) is 16.1. The number of benzene rings is 2. The number of hydrogen-bond donors (Lipinski definition) is 1. The number of aromatic nitrogens is 1. The molecule has 5 heteroatoms. The van der Waals surface area contributed by atoms with Crippen LogP contribution in [-0.2, 0) is 35.7 Å². The van der Waals surface area contributed by atoms with Crippen LogP contribution in [0.15, 0.2) is 64.8 Å². The summed E-state index contributed by atoms with van der Waals surface area (Å²) in [6.45, 7) is 17.2. The number of fused-ring (bicyclic) bond motifs is 4. The van der Waals surface area contributed by atoms with Crippen LogP contribution in [0.2, 0.25) is 0 Å². The van der Waals surface area contributed by atoms with Crippen molar-refractivity contribution in [1.29, 1.82) is 0 Å². The standard InChI is InChI=1S/C25H24NO.C13H24O2.Ir/c1-24(2)11-12-25(3,4)20-15-21-18(14-19(20)24)17-10-13-26-22(23(17)27-21)16-8-6-5-7-9-16;1-5-10(6-2)12(14)9-13(15)11(7-3)8-4;/h5-8,10,13-15H,11-12H2,1-4H3;9-11,14H,5-8H2,1-4H3;/q-1;;/b;12-9-;/i5D,6D,7D,8D;;. The van der Waals surface area contributed by atoms with Gasteiger partial charge in [0.15, 0.2) is 5.78 Å². The molecule has 4 aromatic rings. The van der Waals surface area contributed by atoms with Crippen molar-refractivity contribution in [2.24, 2.45) is 11.8 Å². The van der Waals surface area contributed by atoms with Gasteiger partial charge in [0.25, 0.3) is 0 Å². The molecule has 5 rings (SSSR count). The van der Waals surface area contributed by atoms with Gasteiger partial charge in [0.2, 0.25) is 0 Å². The molecule has 2 aromatic heterocycles. The number of carbonyl (C=O) groups is 1. The predicted octanol–water partition coefficient (Wildman–Crippen LogP) is 10.7. The number of carbonyl (C=O) groups excluding carboxylic acids is 1. The number of pyridine rings is 1. The van der Waals surface area contributed by atoms with E-state index in [9.17, 15) is 9.90 Å². The zero-order valence-electron chi connectivity index (χ0n) is 30.8. The Hall–Kier alpha value is -2.75. The molecule has 0 atom stereocenters. The molecule has 0 amide bonds. The number of ketones is 1. The topological polar surface area (TPSA) is 63.3 Å². The van der Waals surface area contributed by atoms with E-state index < -0.39 is 0 Å². The summed E-state index contributed by atoms with van der Waals surface area (Å²) in [7, 11) is 0. The van der Waals surface area contributed by atoms with Gasteiger partial charge in [-0.2, -0.15) is 0 Å². The van der Waals surface area contributed by atoms with Crippen molar-refractivity contribution < 1.29 is 39.9 Å². The van der Waals surface area contributed by atoms with E-state index in [1.54, 1.807) is 6.20 Å². The van der Waals surface area contributed by atoms with Crippen LogP contribution in [0, 0.1) is 17.9 Å². The number of allylic oxidation sites excluding steroid dienone is 2. The first-order valence-electron chi connectivity index (χ1n) is 17.4. The first kappa shape index (κ1) is 29.0. The Labute approximate surface area is 277 Å². The molecule has 0 bridgehead atoms. The smallest absolute Gasteiger partial charge is 0.162 e. The largest absolute Gasteiger partial charge is 0.512 e. The van der Waals surface area contributed by atoms with E-state index in [-0.39, 0.29) is 84.0 Å². The number of rotatable bonds is 8. The Morgan fingerprint density at radius 1 is 1.00 bits per heavy atom. The van der Waals surface area contributed by atoms with Crippen LogP contribution in [0.1, 0.15) is 111 Å². The summed E-state index contributed by atoms with van der Waals surface area (Å²) in [6, 6.07) is 8.08. The molecule has 2 aromatic carbocycles. The minimum Gasteiger partial charge on any atom is -0.512 e. The second kappa shape index (κ2) is 14.4. The Kier molecular flexibility index (Phi) is 9.68. The van der Waals surface area contributed by atoms with E-state index in [0.717, 1.165) is 54.9 Å². The van der Waals surface area contributed by atoms with Crippen LogP contribution in [0.3, 0.4) is 0 Å². The van der Waals surface area contributed by atoms with Crippen LogP contribution in [-0.4, -0.2) is 15.9 Å². The second-order valence-electron chi connectivity index (χ2n) is 12.8. The molecule has 233 valence electrons. The van der Waals surface area contributed by atoms with E-state index in [1.807, 2.05) is 33.8 Å². The van der Waals surface area contributed by atoms with Gasteiger partial charge in [0, 0.05) is 63.4 Å². The normalized spacial score (nSPS) is 16.9. The molecular formula is C38H48IrNO3-. The Morgan fingerprint density at radius 2 is 1.60 bits per heavy atom. The van der Waals surface area contributed by atoms with Crippen LogP contribution >= 0.6 is 0 Å². The monoisotopic (exact) mass is 763 g/mol. The summed E-state index contributed by atoms with van der Waals surface area (Å²) in [5.41, 5.74) is 4.68. The van der Waals surface area contributed by atoms with Crippen molar-refractivity contribution in [2.45, 2.75) is 105 Å². The van der Waals surface area contributed by atoms with Gasteiger partial charge in [-0.3, -0.25) is 4.79 Å². The first-order valence-corrected chi connectivity index (χ1v) is 15.4. The number of nitrogens with zero attached hydrogens (tertiary/aromatic N) is 1. The molecule has 0 saturated carbocycles. The van der Waals surface area contributed by atoms with Crippen molar-refractivity contribution in [1.82, 2.24) is 4.98 Å². The number of hydrogen-bond acceptors (Lipinski definition) is 4. The van der Waals surface area contributed by atoms with E-state index >= 15 is 0 Å². The molecule has 1 aliphatic carbocycles. The third-order valence-corrected chi connectivity index (χ3v) is 9.18. The SMILES string of the molecule is CCC(CC)C(=O)/C=C(\O)C(CC)CC.[2H]c1[c-]c(-c2nccc3c2oc2cc4c(cc23)C(C)(C)CCC4(C)C)c([2H])c([2H])c1[2H].[Ir]. The molecule has 4 nitrogen and oxygen atoms in total. The molecule has 1 N–H and O–H groups in total. The second-order valence-corrected chi connectivity index (χ2v) is 12.8. The quantitative estimate of drug-likeness (QED) is 0.110. The fourth-order valence-electron chi connectivity index (χ4n) is 6.09. The molecule has 1 aliphatic rings. The zero-order chi connectivity index (χ0) is 34.1. The molecule has 0 saturated heterocycles. The third-order valence-electron chi connectivity index (χ3n) is 9.18. The van der Waals surface area contributed by atoms with Crippen molar-refractivity contribution in [2.75, 3.05) is 0 Å². The molecule has 0 spiro atoms. The van der Waals surface area contributed by atoms with Crippen LogP contribution < -0.4 is 0 Å². The summed E-state index contributed by atoms with van der Waals surface area (Å²) in [6.07, 6.45) is 8.80. The van der Waals surface area contributed by atoms with E-state index in [2.05, 4.69) is 50.9 Å². The van der Waals surface area contributed by atoms with Gasteiger partial charge in [0.1, 0.15) is 11.2 Å². The summed E-state index contributed by atoms with van der Waals surface area (Å²) in [5.74, 6) is 0.547. The fourth-order valence-corrected chi connectivity index (χ4v) is 6.09. The molecule has 0 aliphatic heterocycles. The predicted molar refractivity (Wildman–Crippen MR) is 175 cm³/mol. The number of aliphatic hydroxyl groups excluding tert-OH is 1.